The molecular weight excluding hydrogens is 222 g/mol. The van der Waals surface area contributed by atoms with Gasteiger partial charge in [0, 0.05) is 38.4 Å². The van der Waals surface area contributed by atoms with Crippen LogP contribution >= 0.6 is 0 Å². The van der Waals surface area contributed by atoms with Gasteiger partial charge >= 0.3 is 0 Å². The summed E-state index contributed by atoms with van der Waals surface area (Å²) in [6.45, 7) is 3.15. The summed E-state index contributed by atoms with van der Waals surface area (Å²) in [6, 6.07) is 9.69. The standard InChI is InChI=1S/C15H25N3/c1-17(2)10-11-18(3)15-8-4-13(5-9-15)12-16-14-6-7-14/h4-5,8-9,14,16H,6-7,10-12H2,1-3H3. The monoisotopic (exact) mass is 247 g/mol. The van der Waals surface area contributed by atoms with E-state index in [0.717, 1.165) is 25.7 Å². The van der Waals surface area contributed by atoms with Gasteiger partial charge < -0.3 is 15.1 Å². The van der Waals surface area contributed by atoms with E-state index in [2.05, 4.69) is 60.5 Å². The number of benzene rings is 1. The number of nitrogens with one attached hydrogen (secondary N) is 1. The SMILES string of the molecule is CN(C)CCN(C)c1ccc(CNC2CC2)cc1. The van der Waals surface area contributed by atoms with Crippen molar-refractivity contribution < 1.29 is 0 Å². The van der Waals surface area contributed by atoms with Crippen LogP contribution in [0, 0.1) is 0 Å². The first-order valence-corrected chi connectivity index (χ1v) is 6.83. The number of anilines is 1. The molecule has 0 radical (unpaired) electrons. The first-order valence-electron chi connectivity index (χ1n) is 6.83. The Morgan fingerprint density at radius 3 is 2.28 bits per heavy atom. The van der Waals surface area contributed by atoms with E-state index in [0.29, 0.717) is 0 Å². The van der Waals surface area contributed by atoms with E-state index in [9.17, 15) is 0 Å². The normalized spacial score (nSPS) is 15.1. The predicted molar refractivity (Wildman–Crippen MR) is 78.1 cm³/mol. The van der Waals surface area contributed by atoms with Crippen LogP contribution in [0.3, 0.4) is 0 Å². The Morgan fingerprint density at radius 2 is 1.72 bits per heavy atom. The molecule has 0 heterocycles. The largest absolute Gasteiger partial charge is 0.373 e. The molecule has 100 valence electrons. The van der Waals surface area contributed by atoms with Gasteiger partial charge in [0.2, 0.25) is 0 Å². The van der Waals surface area contributed by atoms with Crippen molar-refractivity contribution in [3.63, 3.8) is 0 Å². The molecule has 0 aliphatic heterocycles. The molecule has 1 aromatic carbocycles. The quantitative estimate of drug-likeness (QED) is 0.794. The zero-order chi connectivity index (χ0) is 13.0. The van der Waals surface area contributed by atoms with Crippen LogP contribution in [-0.2, 0) is 6.54 Å². The minimum atomic E-state index is 0.785. The van der Waals surface area contributed by atoms with Crippen LogP contribution in [0.5, 0.6) is 0 Å². The zero-order valence-corrected chi connectivity index (χ0v) is 11.8. The topological polar surface area (TPSA) is 18.5 Å². The summed E-state index contributed by atoms with van der Waals surface area (Å²) in [5.41, 5.74) is 2.68. The average molecular weight is 247 g/mol. The molecule has 18 heavy (non-hydrogen) atoms. The fraction of sp³-hybridized carbons (Fsp3) is 0.600. The molecule has 0 unspecified atom stereocenters. The van der Waals surface area contributed by atoms with Gasteiger partial charge in [-0.1, -0.05) is 12.1 Å². The lowest BCUT2D eigenvalue weighted by atomic mass is 10.2. The third kappa shape index (κ3) is 4.31. The summed E-state index contributed by atoms with van der Waals surface area (Å²) >= 11 is 0. The van der Waals surface area contributed by atoms with Crippen LogP contribution in [0.15, 0.2) is 24.3 Å². The van der Waals surface area contributed by atoms with Crippen molar-refractivity contribution >= 4 is 5.69 Å². The van der Waals surface area contributed by atoms with E-state index in [1.807, 2.05) is 0 Å². The van der Waals surface area contributed by atoms with E-state index in [-0.39, 0.29) is 0 Å². The van der Waals surface area contributed by atoms with Crippen molar-refractivity contribution in [1.29, 1.82) is 0 Å². The van der Waals surface area contributed by atoms with E-state index in [4.69, 9.17) is 0 Å². The maximum absolute atomic E-state index is 3.54. The summed E-state index contributed by atoms with van der Waals surface area (Å²) in [6.07, 6.45) is 2.71. The average Bonchev–Trinajstić information content (AvgIpc) is 3.18. The molecule has 0 spiro atoms. The highest BCUT2D eigenvalue weighted by Crippen LogP contribution is 2.20. The van der Waals surface area contributed by atoms with Crippen LogP contribution in [0.25, 0.3) is 0 Å². The second-order valence-electron chi connectivity index (χ2n) is 5.55. The molecule has 3 heteroatoms. The van der Waals surface area contributed by atoms with Gasteiger partial charge in [-0.2, -0.15) is 0 Å². The van der Waals surface area contributed by atoms with Crippen LogP contribution in [0.4, 0.5) is 5.69 Å². The van der Waals surface area contributed by atoms with Gasteiger partial charge in [-0.15, -0.1) is 0 Å². The van der Waals surface area contributed by atoms with E-state index in [1.54, 1.807) is 0 Å². The minimum Gasteiger partial charge on any atom is -0.373 e. The lowest BCUT2D eigenvalue weighted by Crippen LogP contribution is -2.28. The lowest BCUT2D eigenvalue weighted by molar-refractivity contribution is 0.416. The molecule has 0 amide bonds. The van der Waals surface area contributed by atoms with Crippen molar-refractivity contribution in [3.05, 3.63) is 29.8 Å². The Morgan fingerprint density at radius 1 is 1.06 bits per heavy atom. The molecule has 1 fully saturated rings. The van der Waals surface area contributed by atoms with Crippen LogP contribution < -0.4 is 10.2 Å². The second-order valence-corrected chi connectivity index (χ2v) is 5.55. The third-order valence-electron chi connectivity index (χ3n) is 3.43. The first kappa shape index (κ1) is 13.4. The zero-order valence-electron chi connectivity index (χ0n) is 11.8. The van der Waals surface area contributed by atoms with Gasteiger partial charge in [-0.25, -0.2) is 0 Å². The number of nitrogens with zero attached hydrogens (tertiary/aromatic N) is 2. The fourth-order valence-corrected chi connectivity index (χ4v) is 1.90. The summed E-state index contributed by atoms with van der Waals surface area (Å²) in [5.74, 6) is 0. The van der Waals surface area contributed by atoms with Gasteiger partial charge in [-0.05, 0) is 44.6 Å². The Labute approximate surface area is 111 Å². The highest BCUT2D eigenvalue weighted by atomic mass is 15.1. The number of hydrogen-bond acceptors (Lipinski definition) is 3. The van der Waals surface area contributed by atoms with Crippen LogP contribution in [0.2, 0.25) is 0 Å². The predicted octanol–water partition coefficient (Wildman–Crippen LogP) is 1.94. The maximum atomic E-state index is 3.54. The van der Waals surface area contributed by atoms with Gasteiger partial charge in [0.1, 0.15) is 0 Å². The van der Waals surface area contributed by atoms with E-state index >= 15 is 0 Å². The summed E-state index contributed by atoms with van der Waals surface area (Å²) < 4.78 is 0. The Balaban J connectivity index is 1.81. The Kier molecular flexibility index (Phi) is 4.61. The molecule has 0 atom stereocenters. The molecule has 0 bridgehead atoms. The molecule has 0 saturated heterocycles. The lowest BCUT2D eigenvalue weighted by Gasteiger charge is -2.21. The van der Waals surface area contributed by atoms with Crippen molar-refractivity contribution in [1.82, 2.24) is 10.2 Å². The fourth-order valence-electron chi connectivity index (χ4n) is 1.90. The minimum absolute atomic E-state index is 0.785. The van der Waals surface area contributed by atoms with Crippen LogP contribution in [0.1, 0.15) is 18.4 Å². The summed E-state index contributed by atoms with van der Waals surface area (Å²) in [7, 11) is 6.38. The molecule has 2 rings (SSSR count). The highest BCUT2D eigenvalue weighted by molar-refractivity contribution is 5.46. The molecule has 1 aliphatic carbocycles. The van der Waals surface area contributed by atoms with E-state index < -0.39 is 0 Å². The highest BCUT2D eigenvalue weighted by Gasteiger charge is 2.19. The Hall–Kier alpha value is -1.06. The third-order valence-corrected chi connectivity index (χ3v) is 3.43. The number of hydrogen-bond donors (Lipinski definition) is 1. The van der Waals surface area contributed by atoms with Gasteiger partial charge in [-0.3, -0.25) is 0 Å². The number of rotatable bonds is 7. The van der Waals surface area contributed by atoms with E-state index in [1.165, 1.54) is 24.1 Å². The molecule has 1 aromatic rings. The van der Waals surface area contributed by atoms with Crippen molar-refractivity contribution in [2.75, 3.05) is 39.1 Å². The molecule has 1 aliphatic rings. The van der Waals surface area contributed by atoms with Crippen molar-refractivity contribution in [3.8, 4) is 0 Å². The second kappa shape index (κ2) is 6.21. The summed E-state index contributed by atoms with van der Waals surface area (Å²) in [4.78, 5) is 4.52. The molecule has 1 N–H and O–H groups in total. The molecule has 0 aromatic heterocycles. The molecule has 1 saturated carbocycles. The Bertz CT molecular complexity index is 355. The molecule has 3 nitrogen and oxygen atoms in total. The van der Waals surface area contributed by atoms with Crippen LogP contribution in [-0.4, -0.2) is 45.2 Å². The van der Waals surface area contributed by atoms with Gasteiger partial charge in [0.05, 0.1) is 0 Å². The van der Waals surface area contributed by atoms with Crippen molar-refractivity contribution in [2.45, 2.75) is 25.4 Å². The first-order chi connectivity index (χ1) is 8.65. The number of likely N-dealkylation sites (N-methyl/N-ethyl adjacent to an activating group) is 2. The van der Waals surface area contributed by atoms with Crippen molar-refractivity contribution in [2.24, 2.45) is 0 Å². The smallest absolute Gasteiger partial charge is 0.0364 e. The van der Waals surface area contributed by atoms with Gasteiger partial charge in [0.25, 0.3) is 0 Å². The molecular formula is C15H25N3. The van der Waals surface area contributed by atoms with Gasteiger partial charge in [0.15, 0.2) is 0 Å². The summed E-state index contributed by atoms with van der Waals surface area (Å²) in [5, 5.41) is 3.54. The maximum Gasteiger partial charge on any atom is 0.0364 e.